The monoisotopic (exact) mass is 194 g/mol. The first-order valence-electron chi connectivity index (χ1n) is 2.99. The van der Waals surface area contributed by atoms with Crippen LogP contribution in [0.3, 0.4) is 0 Å². The number of carbonyl (C=O) groups is 1. The molecule has 0 saturated heterocycles. The van der Waals surface area contributed by atoms with Crippen molar-refractivity contribution in [1.82, 2.24) is 5.43 Å². The molecule has 11 heavy (non-hydrogen) atoms. The van der Waals surface area contributed by atoms with Crippen molar-refractivity contribution in [2.24, 2.45) is 5.84 Å². The van der Waals surface area contributed by atoms with Gasteiger partial charge in [-0.05, 0) is 6.92 Å². The Morgan fingerprint density at radius 3 is 2.91 bits per heavy atom. The summed E-state index contributed by atoms with van der Waals surface area (Å²) in [5.41, 5.74) is 2.25. The molecule has 4 nitrogen and oxygen atoms in total. The minimum absolute atomic E-state index is 0.205. The summed E-state index contributed by atoms with van der Waals surface area (Å²) in [5.74, 6) is 4.89. The van der Waals surface area contributed by atoms with Crippen molar-refractivity contribution in [3.05, 3.63) is 0 Å². The number of thiocarbonyl (C=S) groups is 1. The SMILES string of the molecule is CCOC(=O)CSC(=S)NN. The van der Waals surface area contributed by atoms with Gasteiger partial charge in [0.1, 0.15) is 4.32 Å². The molecule has 0 amide bonds. The molecule has 64 valence electrons. The second kappa shape index (κ2) is 6.38. The summed E-state index contributed by atoms with van der Waals surface area (Å²) < 4.78 is 5.04. The number of nitrogens with two attached hydrogens (primary N) is 1. The van der Waals surface area contributed by atoms with Crippen LogP contribution in [0.2, 0.25) is 0 Å². The first-order chi connectivity index (χ1) is 5.20. The van der Waals surface area contributed by atoms with Crippen molar-refractivity contribution in [3.8, 4) is 0 Å². The molecule has 3 N–H and O–H groups in total. The van der Waals surface area contributed by atoms with E-state index in [2.05, 4.69) is 22.4 Å². The first-order valence-corrected chi connectivity index (χ1v) is 4.39. The van der Waals surface area contributed by atoms with E-state index in [-0.39, 0.29) is 11.7 Å². The Labute approximate surface area is 74.8 Å². The lowest BCUT2D eigenvalue weighted by atomic mass is 10.8. The van der Waals surface area contributed by atoms with Gasteiger partial charge >= 0.3 is 5.97 Å². The van der Waals surface area contributed by atoms with Crippen LogP contribution < -0.4 is 11.3 Å². The van der Waals surface area contributed by atoms with Crippen LogP contribution in [-0.4, -0.2) is 22.6 Å². The highest BCUT2D eigenvalue weighted by Gasteiger charge is 2.02. The third-order valence-corrected chi connectivity index (χ3v) is 1.98. The number of hydrogen-bond donors (Lipinski definition) is 2. The molecule has 0 saturated carbocycles. The molecule has 0 aromatic rings. The molecule has 0 heterocycles. The lowest BCUT2D eigenvalue weighted by Crippen LogP contribution is -2.26. The van der Waals surface area contributed by atoms with Crippen LogP contribution >= 0.6 is 24.0 Å². The highest BCUT2D eigenvalue weighted by Crippen LogP contribution is 2.00. The second-order valence-corrected chi connectivity index (χ2v) is 3.18. The number of rotatable bonds is 3. The Hall–Kier alpha value is -0.330. The number of nitrogens with one attached hydrogen (secondary N) is 1. The average molecular weight is 194 g/mol. The van der Waals surface area contributed by atoms with E-state index in [1.165, 1.54) is 0 Å². The fraction of sp³-hybridized carbons (Fsp3) is 0.600. The first kappa shape index (κ1) is 10.7. The van der Waals surface area contributed by atoms with Gasteiger partial charge in [-0.25, -0.2) is 5.84 Å². The van der Waals surface area contributed by atoms with Gasteiger partial charge in [0.25, 0.3) is 0 Å². The summed E-state index contributed by atoms with van der Waals surface area (Å²) in [4.78, 5) is 10.7. The molecule has 0 aliphatic heterocycles. The molecule has 0 bridgehead atoms. The minimum Gasteiger partial charge on any atom is -0.465 e. The summed E-state index contributed by atoms with van der Waals surface area (Å²) in [6.45, 7) is 2.14. The van der Waals surface area contributed by atoms with E-state index in [1.807, 2.05) is 0 Å². The zero-order valence-electron chi connectivity index (χ0n) is 6.12. The quantitative estimate of drug-likeness (QED) is 0.286. The maximum absolute atomic E-state index is 10.7. The summed E-state index contributed by atoms with van der Waals surface area (Å²) in [6.07, 6.45) is 0. The number of ether oxygens (including phenoxy) is 1. The summed E-state index contributed by atoms with van der Waals surface area (Å²) in [7, 11) is 0. The Morgan fingerprint density at radius 2 is 2.45 bits per heavy atom. The van der Waals surface area contributed by atoms with Gasteiger partial charge in [-0.15, -0.1) is 0 Å². The van der Waals surface area contributed by atoms with E-state index in [0.29, 0.717) is 10.9 Å². The van der Waals surface area contributed by atoms with Gasteiger partial charge in [-0.1, -0.05) is 24.0 Å². The summed E-state index contributed by atoms with van der Waals surface area (Å²) in [5, 5.41) is 0. The number of esters is 1. The standard InChI is InChI=1S/C5H10N2O2S2/c1-2-9-4(8)3-11-5(10)7-6/h2-3,6H2,1H3,(H,7,10). The van der Waals surface area contributed by atoms with Gasteiger partial charge in [-0.2, -0.15) is 0 Å². The third-order valence-electron chi connectivity index (χ3n) is 0.744. The maximum Gasteiger partial charge on any atom is 0.316 e. The predicted molar refractivity (Wildman–Crippen MR) is 49.0 cm³/mol. The molecule has 0 aliphatic carbocycles. The zero-order chi connectivity index (χ0) is 8.69. The van der Waals surface area contributed by atoms with E-state index in [1.54, 1.807) is 6.92 Å². The molecule has 0 spiro atoms. The lowest BCUT2D eigenvalue weighted by molar-refractivity contribution is -0.139. The Morgan fingerprint density at radius 1 is 1.82 bits per heavy atom. The zero-order valence-corrected chi connectivity index (χ0v) is 7.76. The van der Waals surface area contributed by atoms with Gasteiger partial charge in [0.05, 0.1) is 12.4 Å². The van der Waals surface area contributed by atoms with Crippen LogP contribution in [0.15, 0.2) is 0 Å². The molecule has 0 aromatic carbocycles. The van der Waals surface area contributed by atoms with E-state index in [0.717, 1.165) is 11.8 Å². The second-order valence-electron chi connectivity index (χ2n) is 1.53. The van der Waals surface area contributed by atoms with Gasteiger partial charge in [-0.3, -0.25) is 4.79 Å². The van der Waals surface area contributed by atoms with Gasteiger partial charge in [0.2, 0.25) is 0 Å². The molecule has 0 unspecified atom stereocenters. The number of hydrogen-bond acceptors (Lipinski definition) is 5. The van der Waals surface area contributed by atoms with E-state index < -0.39 is 0 Å². The molecule has 0 aliphatic rings. The van der Waals surface area contributed by atoms with Crippen LogP contribution in [0.1, 0.15) is 6.92 Å². The van der Waals surface area contributed by atoms with Crippen molar-refractivity contribution >= 4 is 34.3 Å². The van der Waals surface area contributed by atoms with Crippen LogP contribution in [0.5, 0.6) is 0 Å². The van der Waals surface area contributed by atoms with Crippen molar-refractivity contribution < 1.29 is 9.53 Å². The van der Waals surface area contributed by atoms with Crippen molar-refractivity contribution in [2.45, 2.75) is 6.92 Å². The molecule has 0 aromatic heterocycles. The van der Waals surface area contributed by atoms with Crippen LogP contribution in [-0.2, 0) is 9.53 Å². The Bertz CT molecular complexity index is 151. The topological polar surface area (TPSA) is 64.3 Å². The fourth-order valence-electron chi connectivity index (χ4n) is 0.369. The maximum atomic E-state index is 10.7. The van der Waals surface area contributed by atoms with Crippen molar-refractivity contribution in [3.63, 3.8) is 0 Å². The smallest absolute Gasteiger partial charge is 0.316 e. The molecule has 6 heteroatoms. The molecular weight excluding hydrogens is 184 g/mol. The summed E-state index contributed by atoms with van der Waals surface area (Å²) >= 11 is 5.82. The third kappa shape index (κ3) is 6.08. The molecule has 0 fully saturated rings. The molecule has 0 radical (unpaired) electrons. The molecule has 0 atom stereocenters. The predicted octanol–water partition coefficient (Wildman–Crippen LogP) is 0.0309. The van der Waals surface area contributed by atoms with Gasteiger partial charge in [0, 0.05) is 0 Å². The largest absolute Gasteiger partial charge is 0.465 e. The number of thioether (sulfide) groups is 1. The van der Waals surface area contributed by atoms with Crippen LogP contribution in [0.4, 0.5) is 0 Å². The summed E-state index contributed by atoms with van der Waals surface area (Å²) in [6, 6.07) is 0. The van der Waals surface area contributed by atoms with Crippen LogP contribution in [0.25, 0.3) is 0 Å². The van der Waals surface area contributed by atoms with E-state index >= 15 is 0 Å². The van der Waals surface area contributed by atoms with Crippen molar-refractivity contribution in [1.29, 1.82) is 0 Å². The number of hydrazine groups is 1. The minimum atomic E-state index is -0.282. The highest BCUT2D eigenvalue weighted by atomic mass is 32.2. The molecular formula is C5H10N2O2S2. The lowest BCUT2D eigenvalue weighted by Gasteiger charge is -2.01. The number of carbonyl (C=O) groups excluding carboxylic acids is 1. The Kier molecular flexibility index (Phi) is 6.19. The van der Waals surface area contributed by atoms with Crippen LogP contribution in [0, 0.1) is 0 Å². The Balaban J connectivity index is 3.38. The average Bonchev–Trinajstić information content (AvgIpc) is 2.01. The highest BCUT2D eigenvalue weighted by molar-refractivity contribution is 8.23. The normalized spacial score (nSPS) is 8.91. The van der Waals surface area contributed by atoms with E-state index in [4.69, 9.17) is 5.84 Å². The van der Waals surface area contributed by atoms with Gasteiger partial charge < -0.3 is 10.2 Å². The van der Waals surface area contributed by atoms with Crippen molar-refractivity contribution in [2.75, 3.05) is 12.4 Å². The van der Waals surface area contributed by atoms with Gasteiger partial charge in [0.15, 0.2) is 0 Å². The fourth-order valence-corrected chi connectivity index (χ4v) is 0.961. The molecule has 0 rings (SSSR count). The van der Waals surface area contributed by atoms with E-state index in [9.17, 15) is 4.79 Å².